The van der Waals surface area contributed by atoms with E-state index in [-0.39, 0.29) is 0 Å². The number of aromatic nitrogens is 1. The fourth-order valence-corrected chi connectivity index (χ4v) is 1.36. The molecule has 0 N–H and O–H groups in total. The normalized spacial score (nSPS) is 8.71. The zero-order chi connectivity index (χ0) is 11.9. The first-order chi connectivity index (χ1) is 8.38. The number of rotatable bonds is 1. The Bertz CT molecular complexity index is 600. The topological polar surface area (TPSA) is 25.2 Å². The summed E-state index contributed by atoms with van der Waals surface area (Å²) < 4.78 is 0. The van der Waals surface area contributed by atoms with E-state index in [1.807, 2.05) is 36.4 Å². The molecule has 80 valence electrons. The average molecular weight is 236 g/mol. The minimum atomic E-state index is 0.787. The van der Waals surface area contributed by atoms with E-state index in [4.69, 9.17) is 0 Å². The molecule has 1 aromatic heterocycles. The van der Waals surface area contributed by atoms with Crippen LogP contribution in [0.15, 0.2) is 53.8 Å². The molecule has 0 radical (unpaired) electrons. The molecule has 0 spiro atoms. The summed E-state index contributed by atoms with van der Waals surface area (Å²) in [7, 11) is 0. The van der Waals surface area contributed by atoms with Crippen molar-refractivity contribution in [1.29, 1.82) is 0 Å². The molecule has 0 fully saturated rings. The van der Waals surface area contributed by atoms with Gasteiger partial charge in [-0.3, -0.25) is 4.98 Å². The van der Waals surface area contributed by atoms with Crippen LogP contribution < -0.4 is 0 Å². The summed E-state index contributed by atoms with van der Waals surface area (Å²) in [5, 5.41) is 2.33. The van der Waals surface area contributed by atoms with Crippen molar-refractivity contribution < 1.29 is 0 Å². The maximum absolute atomic E-state index is 4.53. The van der Waals surface area contributed by atoms with Crippen LogP contribution in [-0.4, -0.2) is 10.1 Å². The molecule has 0 aliphatic rings. The lowest BCUT2D eigenvalue weighted by Gasteiger charge is -1.91. The lowest BCUT2D eigenvalue weighted by atomic mass is 10.2. The van der Waals surface area contributed by atoms with Crippen LogP contribution >= 0.6 is 12.2 Å². The second-order valence-corrected chi connectivity index (χ2v) is 3.42. The zero-order valence-corrected chi connectivity index (χ0v) is 9.74. The van der Waals surface area contributed by atoms with Gasteiger partial charge in [-0.15, -0.1) is 0 Å². The number of isothiocyanates is 1. The predicted octanol–water partition coefficient (Wildman–Crippen LogP) is 3.22. The number of hydrogen-bond acceptors (Lipinski definition) is 3. The molecule has 2 nitrogen and oxygen atoms in total. The molecular formula is C14H8N2S. The SMILES string of the molecule is S=C=Nc1ccc(C#Cc2ccncc2)cc1. The number of aliphatic imine (C=N–C) groups is 1. The third kappa shape index (κ3) is 3.35. The molecule has 2 rings (SSSR count). The Morgan fingerprint density at radius 2 is 1.47 bits per heavy atom. The van der Waals surface area contributed by atoms with Gasteiger partial charge in [-0.25, -0.2) is 0 Å². The third-order valence-electron chi connectivity index (χ3n) is 2.07. The van der Waals surface area contributed by atoms with E-state index < -0.39 is 0 Å². The highest BCUT2D eigenvalue weighted by Crippen LogP contribution is 2.11. The van der Waals surface area contributed by atoms with Crippen molar-refractivity contribution in [3.05, 3.63) is 59.9 Å². The van der Waals surface area contributed by atoms with Gasteiger partial charge in [0.2, 0.25) is 0 Å². The number of hydrogen-bond donors (Lipinski definition) is 0. The highest BCUT2D eigenvalue weighted by molar-refractivity contribution is 7.78. The molecule has 0 aliphatic carbocycles. The summed E-state index contributed by atoms with van der Waals surface area (Å²) in [6.45, 7) is 0. The monoisotopic (exact) mass is 236 g/mol. The van der Waals surface area contributed by atoms with Gasteiger partial charge in [-0.2, -0.15) is 4.99 Å². The smallest absolute Gasteiger partial charge is 0.0740 e. The largest absolute Gasteiger partial charge is 0.265 e. The Hall–Kier alpha value is -2.27. The molecule has 0 aliphatic heterocycles. The van der Waals surface area contributed by atoms with Gasteiger partial charge in [0.1, 0.15) is 0 Å². The molecule has 0 unspecified atom stereocenters. The first-order valence-electron chi connectivity index (χ1n) is 4.98. The molecular weight excluding hydrogens is 228 g/mol. The van der Waals surface area contributed by atoms with E-state index in [0.29, 0.717) is 0 Å². The quantitative estimate of drug-likeness (QED) is 0.431. The number of pyridine rings is 1. The van der Waals surface area contributed by atoms with Crippen LogP contribution in [-0.2, 0) is 0 Å². The summed E-state index contributed by atoms with van der Waals surface area (Å²) >= 11 is 4.53. The van der Waals surface area contributed by atoms with Crippen molar-refractivity contribution >= 4 is 23.1 Å². The zero-order valence-electron chi connectivity index (χ0n) is 8.92. The van der Waals surface area contributed by atoms with Gasteiger partial charge in [0.05, 0.1) is 10.8 Å². The fourth-order valence-electron chi connectivity index (χ4n) is 1.25. The fraction of sp³-hybridized carbons (Fsp3) is 0. The molecule has 0 saturated carbocycles. The molecule has 1 aromatic carbocycles. The Morgan fingerprint density at radius 1 is 0.882 bits per heavy atom. The third-order valence-corrected chi connectivity index (χ3v) is 2.16. The summed E-state index contributed by atoms with van der Waals surface area (Å²) in [5.74, 6) is 6.12. The molecule has 3 heteroatoms. The van der Waals surface area contributed by atoms with Crippen molar-refractivity contribution in [2.24, 2.45) is 4.99 Å². The summed E-state index contributed by atoms with van der Waals surface area (Å²) in [6.07, 6.45) is 3.45. The molecule has 0 saturated heterocycles. The number of benzene rings is 1. The first kappa shape index (κ1) is 11.2. The van der Waals surface area contributed by atoms with E-state index in [1.165, 1.54) is 0 Å². The van der Waals surface area contributed by atoms with Crippen LogP contribution in [0.3, 0.4) is 0 Å². The minimum absolute atomic E-state index is 0.787. The number of thiocarbonyl (C=S) groups is 1. The van der Waals surface area contributed by atoms with Gasteiger partial charge in [-0.05, 0) is 48.6 Å². The molecule has 0 amide bonds. The van der Waals surface area contributed by atoms with Gasteiger partial charge in [0, 0.05) is 23.5 Å². The van der Waals surface area contributed by atoms with Gasteiger partial charge >= 0.3 is 0 Å². The van der Waals surface area contributed by atoms with Crippen molar-refractivity contribution in [3.63, 3.8) is 0 Å². The highest BCUT2D eigenvalue weighted by atomic mass is 32.1. The van der Waals surface area contributed by atoms with E-state index in [2.05, 4.69) is 39.2 Å². The van der Waals surface area contributed by atoms with Crippen LogP contribution in [0.2, 0.25) is 0 Å². The van der Waals surface area contributed by atoms with E-state index >= 15 is 0 Å². The van der Waals surface area contributed by atoms with Gasteiger partial charge in [0.15, 0.2) is 0 Å². The molecule has 0 atom stereocenters. The van der Waals surface area contributed by atoms with E-state index in [9.17, 15) is 0 Å². The lowest BCUT2D eigenvalue weighted by Crippen LogP contribution is -1.76. The maximum atomic E-state index is 4.53. The summed E-state index contributed by atoms with van der Waals surface area (Å²) in [6, 6.07) is 11.3. The van der Waals surface area contributed by atoms with Crippen LogP contribution in [0.4, 0.5) is 5.69 Å². The second kappa shape index (κ2) is 5.72. The van der Waals surface area contributed by atoms with Crippen LogP contribution in [0, 0.1) is 11.8 Å². The van der Waals surface area contributed by atoms with Crippen LogP contribution in [0.25, 0.3) is 0 Å². The highest BCUT2D eigenvalue weighted by Gasteiger charge is 1.89. The number of nitrogens with zero attached hydrogens (tertiary/aromatic N) is 2. The first-order valence-corrected chi connectivity index (χ1v) is 5.39. The Morgan fingerprint density at radius 3 is 2.06 bits per heavy atom. The maximum Gasteiger partial charge on any atom is 0.0740 e. The van der Waals surface area contributed by atoms with Crippen LogP contribution in [0.1, 0.15) is 11.1 Å². The predicted molar refractivity (Wildman–Crippen MR) is 71.3 cm³/mol. The van der Waals surface area contributed by atoms with E-state index in [0.717, 1.165) is 16.8 Å². The van der Waals surface area contributed by atoms with Crippen molar-refractivity contribution in [2.45, 2.75) is 0 Å². The Balaban J connectivity index is 2.20. The van der Waals surface area contributed by atoms with Crippen molar-refractivity contribution in [2.75, 3.05) is 0 Å². The Kier molecular flexibility index (Phi) is 3.77. The lowest BCUT2D eigenvalue weighted by molar-refractivity contribution is 1.32. The van der Waals surface area contributed by atoms with Crippen molar-refractivity contribution in [1.82, 2.24) is 4.98 Å². The summed E-state index contributed by atoms with van der Waals surface area (Å²) in [5.41, 5.74) is 2.67. The molecule has 1 heterocycles. The van der Waals surface area contributed by atoms with Gasteiger partial charge in [-0.1, -0.05) is 11.8 Å². The average Bonchev–Trinajstić information content (AvgIpc) is 2.40. The summed E-state index contributed by atoms with van der Waals surface area (Å²) in [4.78, 5) is 7.81. The molecule has 0 bridgehead atoms. The van der Waals surface area contributed by atoms with Crippen molar-refractivity contribution in [3.8, 4) is 11.8 Å². The minimum Gasteiger partial charge on any atom is -0.265 e. The second-order valence-electron chi connectivity index (χ2n) is 3.24. The van der Waals surface area contributed by atoms with Gasteiger partial charge < -0.3 is 0 Å². The van der Waals surface area contributed by atoms with Gasteiger partial charge in [0.25, 0.3) is 0 Å². The Labute approximate surface area is 105 Å². The standard InChI is InChI=1S/C14H8N2S/c17-11-16-14-5-3-12(4-6-14)1-2-13-7-9-15-10-8-13/h3-10H. The van der Waals surface area contributed by atoms with Crippen LogP contribution in [0.5, 0.6) is 0 Å². The molecule has 17 heavy (non-hydrogen) atoms. The van der Waals surface area contributed by atoms with E-state index in [1.54, 1.807) is 12.4 Å². The molecule has 2 aromatic rings.